The van der Waals surface area contributed by atoms with Gasteiger partial charge >= 0.3 is 6.18 Å². The number of rotatable bonds is 0. The van der Waals surface area contributed by atoms with Gasteiger partial charge in [-0.1, -0.05) is 0 Å². The van der Waals surface area contributed by atoms with E-state index in [0.29, 0.717) is 0 Å². The van der Waals surface area contributed by atoms with Crippen molar-refractivity contribution in [1.82, 2.24) is 9.97 Å². The molecule has 0 amide bonds. The summed E-state index contributed by atoms with van der Waals surface area (Å²) >= 11 is 0. The molecule has 0 aromatic carbocycles. The van der Waals surface area contributed by atoms with Crippen LogP contribution in [0.15, 0.2) is 12.5 Å². The van der Waals surface area contributed by atoms with E-state index in [1.165, 1.54) is 0 Å². The Bertz CT molecular complexity index is 181. The molecule has 1 N–H and O–H groups in total. The maximum atomic E-state index is 11.5. The summed E-state index contributed by atoms with van der Waals surface area (Å²) in [6.45, 7) is 0. The van der Waals surface area contributed by atoms with Gasteiger partial charge in [-0.25, -0.2) is 4.98 Å². The van der Waals surface area contributed by atoms with Crippen LogP contribution < -0.4 is 0 Å². The summed E-state index contributed by atoms with van der Waals surface area (Å²) in [5, 5.41) is 0. The van der Waals surface area contributed by atoms with Crippen molar-refractivity contribution in [2.45, 2.75) is 6.18 Å². The minimum absolute atomic E-state index is 0. The predicted molar refractivity (Wildman–Crippen MR) is 25.7 cm³/mol. The average Bonchev–Trinajstić information content (AvgIpc) is 2.08. The SMILES string of the molecule is FC(F)(F)c1cnc[nH]1.[HH]. The third kappa shape index (κ3) is 1.22. The highest BCUT2D eigenvalue weighted by molar-refractivity contribution is 4.98. The van der Waals surface area contributed by atoms with Gasteiger partial charge in [0, 0.05) is 1.43 Å². The van der Waals surface area contributed by atoms with Crippen LogP contribution in [0.1, 0.15) is 7.12 Å². The summed E-state index contributed by atoms with van der Waals surface area (Å²) in [7, 11) is 0. The first-order valence-corrected chi connectivity index (χ1v) is 2.16. The van der Waals surface area contributed by atoms with Crippen LogP contribution in [-0.4, -0.2) is 9.97 Å². The van der Waals surface area contributed by atoms with E-state index in [2.05, 4.69) is 4.98 Å². The Balaban J connectivity index is 0.000000810. The number of halogens is 3. The number of hydrogen-bond acceptors (Lipinski definition) is 1. The van der Waals surface area contributed by atoms with Crippen LogP contribution in [0.25, 0.3) is 0 Å². The van der Waals surface area contributed by atoms with E-state index in [1.54, 1.807) is 0 Å². The maximum Gasteiger partial charge on any atom is 0.432 e. The van der Waals surface area contributed by atoms with Gasteiger partial charge in [0.2, 0.25) is 0 Å². The molecule has 0 unspecified atom stereocenters. The summed E-state index contributed by atoms with van der Waals surface area (Å²) < 4.78 is 34.6. The van der Waals surface area contributed by atoms with Crippen LogP contribution in [0.3, 0.4) is 0 Å². The number of H-pyrrole nitrogens is 1. The molecule has 0 aliphatic heterocycles. The Morgan fingerprint density at radius 3 is 2.44 bits per heavy atom. The molecule has 0 radical (unpaired) electrons. The maximum absolute atomic E-state index is 11.5. The van der Waals surface area contributed by atoms with E-state index in [-0.39, 0.29) is 1.43 Å². The van der Waals surface area contributed by atoms with Gasteiger partial charge < -0.3 is 4.98 Å². The van der Waals surface area contributed by atoms with Crippen LogP contribution in [-0.2, 0) is 6.18 Å². The Hall–Kier alpha value is -1.00. The minimum Gasteiger partial charge on any atom is -0.341 e. The second-order valence-corrected chi connectivity index (χ2v) is 1.46. The zero-order valence-electron chi connectivity index (χ0n) is 4.24. The zero-order valence-corrected chi connectivity index (χ0v) is 4.24. The summed E-state index contributed by atoms with van der Waals surface area (Å²) in [5.41, 5.74) is -0.817. The predicted octanol–water partition coefficient (Wildman–Crippen LogP) is 1.67. The van der Waals surface area contributed by atoms with Crippen LogP contribution >= 0.6 is 0 Å². The van der Waals surface area contributed by atoms with Gasteiger partial charge in [0.1, 0.15) is 5.69 Å². The molecule has 1 heterocycles. The highest BCUT2D eigenvalue weighted by Crippen LogP contribution is 2.26. The van der Waals surface area contributed by atoms with Gasteiger partial charge in [0.05, 0.1) is 12.5 Å². The fourth-order valence-corrected chi connectivity index (χ4v) is 0.411. The second kappa shape index (κ2) is 1.75. The number of aromatic nitrogens is 2. The van der Waals surface area contributed by atoms with Crippen molar-refractivity contribution >= 4 is 0 Å². The molecule has 5 heteroatoms. The molecule has 9 heavy (non-hydrogen) atoms. The first-order chi connectivity index (χ1) is 4.11. The lowest BCUT2D eigenvalue weighted by Crippen LogP contribution is -2.04. The van der Waals surface area contributed by atoms with E-state index in [4.69, 9.17) is 0 Å². The van der Waals surface area contributed by atoms with Crippen molar-refractivity contribution in [3.63, 3.8) is 0 Å². The molecular weight excluding hydrogens is 133 g/mol. The smallest absolute Gasteiger partial charge is 0.341 e. The van der Waals surface area contributed by atoms with E-state index < -0.39 is 11.9 Å². The molecule has 1 aromatic rings. The molecule has 0 spiro atoms. The van der Waals surface area contributed by atoms with E-state index in [1.807, 2.05) is 4.98 Å². The molecule has 52 valence electrons. The van der Waals surface area contributed by atoms with E-state index in [0.717, 1.165) is 12.5 Å². The molecule has 2 nitrogen and oxygen atoms in total. The minimum atomic E-state index is -4.30. The van der Waals surface area contributed by atoms with Crippen LogP contribution in [0.4, 0.5) is 13.2 Å². The molecule has 0 saturated carbocycles. The molecule has 0 aliphatic carbocycles. The molecule has 0 fully saturated rings. The highest BCUT2D eigenvalue weighted by atomic mass is 19.4. The first-order valence-electron chi connectivity index (χ1n) is 2.16. The second-order valence-electron chi connectivity index (χ2n) is 1.46. The van der Waals surface area contributed by atoms with Crippen molar-refractivity contribution in [3.05, 3.63) is 18.2 Å². The van der Waals surface area contributed by atoms with E-state index >= 15 is 0 Å². The van der Waals surface area contributed by atoms with Crippen molar-refractivity contribution in [1.29, 1.82) is 0 Å². The van der Waals surface area contributed by atoms with E-state index in [9.17, 15) is 13.2 Å². The Labute approximate surface area is 50.2 Å². The third-order valence-electron chi connectivity index (χ3n) is 0.804. The highest BCUT2D eigenvalue weighted by Gasteiger charge is 2.31. The molecule has 0 aliphatic rings. The van der Waals surface area contributed by atoms with Crippen molar-refractivity contribution in [2.24, 2.45) is 0 Å². The third-order valence-corrected chi connectivity index (χ3v) is 0.804. The quantitative estimate of drug-likeness (QED) is 0.580. The summed E-state index contributed by atoms with van der Waals surface area (Å²) in [4.78, 5) is 5.15. The fourth-order valence-electron chi connectivity index (χ4n) is 0.411. The Kier molecular flexibility index (Phi) is 1.19. The van der Waals surface area contributed by atoms with Crippen molar-refractivity contribution in [2.75, 3.05) is 0 Å². The van der Waals surface area contributed by atoms with Gasteiger partial charge in [0.25, 0.3) is 0 Å². The summed E-state index contributed by atoms with van der Waals surface area (Å²) in [6.07, 6.45) is -2.57. The lowest BCUT2D eigenvalue weighted by molar-refractivity contribution is -0.140. The zero-order chi connectivity index (χ0) is 6.91. The number of hydrogen-bond donors (Lipinski definition) is 1. The number of alkyl halides is 3. The molecule has 1 aromatic heterocycles. The van der Waals surface area contributed by atoms with Crippen LogP contribution in [0, 0.1) is 0 Å². The molecule has 0 atom stereocenters. The normalized spacial score (nSPS) is 11.9. The molecular formula is C4H5F3N2. The van der Waals surface area contributed by atoms with Crippen molar-refractivity contribution < 1.29 is 14.6 Å². The summed E-state index contributed by atoms with van der Waals surface area (Å²) in [5.74, 6) is 0. The number of imidazole rings is 1. The average molecular weight is 138 g/mol. The topological polar surface area (TPSA) is 28.7 Å². The monoisotopic (exact) mass is 138 g/mol. The molecule has 0 bridgehead atoms. The first kappa shape index (κ1) is 6.12. The fraction of sp³-hybridized carbons (Fsp3) is 0.250. The lowest BCUT2D eigenvalue weighted by Gasteiger charge is -1.99. The standard InChI is InChI=1S/C4H3F3N2.H2/c5-4(6,7)3-1-8-2-9-3;/h1-2H,(H,8,9);1H. The Morgan fingerprint density at radius 1 is 1.56 bits per heavy atom. The lowest BCUT2D eigenvalue weighted by atomic mass is 10.5. The van der Waals surface area contributed by atoms with Crippen molar-refractivity contribution in [3.8, 4) is 0 Å². The van der Waals surface area contributed by atoms with Crippen LogP contribution in [0.2, 0.25) is 0 Å². The van der Waals surface area contributed by atoms with Gasteiger partial charge in [-0.15, -0.1) is 0 Å². The molecule has 1 rings (SSSR count). The number of aromatic amines is 1. The van der Waals surface area contributed by atoms with Gasteiger partial charge in [0.15, 0.2) is 0 Å². The van der Waals surface area contributed by atoms with Gasteiger partial charge in [-0.3, -0.25) is 0 Å². The van der Waals surface area contributed by atoms with Gasteiger partial charge in [-0.05, 0) is 0 Å². The Morgan fingerprint density at radius 2 is 2.22 bits per heavy atom. The van der Waals surface area contributed by atoms with Gasteiger partial charge in [-0.2, -0.15) is 13.2 Å². The molecule has 0 saturated heterocycles. The largest absolute Gasteiger partial charge is 0.432 e. The van der Waals surface area contributed by atoms with Crippen LogP contribution in [0.5, 0.6) is 0 Å². The number of nitrogens with zero attached hydrogens (tertiary/aromatic N) is 1. The summed E-state index contributed by atoms with van der Waals surface area (Å²) in [6, 6.07) is 0. The number of nitrogens with one attached hydrogen (secondary N) is 1.